The van der Waals surface area contributed by atoms with Gasteiger partial charge in [0.1, 0.15) is 5.76 Å². The molecule has 0 aliphatic heterocycles. The Kier molecular flexibility index (Phi) is 2.45. The molecule has 1 spiro atoms. The molecule has 0 amide bonds. The van der Waals surface area contributed by atoms with E-state index < -0.39 is 5.60 Å². The summed E-state index contributed by atoms with van der Waals surface area (Å²) in [5.74, 6) is 1.37. The van der Waals surface area contributed by atoms with Crippen molar-refractivity contribution in [1.82, 2.24) is 0 Å². The minimum Gasteiger partial charge on any atom is -0.465 e. The van der Waals surface area contributed by atoms with Gasteiger partial charge in [-0.3, -0.25) is 0 Å². The Morgan fingerprint density at radius 1 is 1.35 bits per heavy atom. The third-order valence-corrected chi connectivity index (χ3v) is 6.04. The highest BCUT2D eigenvalue weighted by Crippen LogP contribution is 2.77. The Morgan fingerprint density at radius 3 is 2.60 bits per heavy atom. The predicted molar refractivity (Wildman–Crippen MR) is 73.8 cm³/mol. The predicted octanol–water partition coefficient (Wildman–Crippen LogP) is 3.80. The number of esters is 1. The van der Waals surface area contributed by atoms with Gasteiger partial charge in [0.05, 0.1) is 6.26 Å². The van der Waals surface area contributed by atoms with Gasteiger partial charge in [-0.2, -0.15) is 0 Å². The Labute approximate surface area is 119 Å². The zero-order valence-electron chi connectivity index (χ0n) is 11.6. The van der Waals surface area contributed by atoms with Crippen molar-refractivity contribution in [3.05, 3.63) is 36.8 Å². The van der Waals surface area contributed by atoms with Crippen LogP contribution in [0.25, 0.3) is 0 Å². The van der Waals surface area contributed by atoms with E-state index in [1.165, 1.54) is 31.8 Å². The fourth-order valence-electron chi connectivity index (χ4n) is 5.58. The first-order valence-corrected chi connectivity index (χ1v) is 7.63. The van der Waals surface area contributed by atoms with Crippen LogP contribution in [0.2, 0.25) is 0 Å². The highest BCUT2D eigenvalue weighted by atomic mass is 16.6. The average Bonchev–Trinajstić information content (AvgIpc) is 3.18. The van der Waals surface area contributed by atoms with Gasteiger partial charge in [0.2, 0.25) is 0 Å². The minimum atomic E-state index is -0.526. The molecule has 4 rings (SSSR count). The van der Waals surface area contributed by atoms with E-state index >= 15 is 0 Å². The lowest BCUT2D eigenvalue weighted by molar-refractivity contribution is -0.258. The lowest BCUT2D eigenvalue weighted by Crippen LogP contribution is -2.64. The fraction of sp³-hybridized carbons (Fsp3) is 0.588. The van der Waals surface area contributed by atoms with Gasteiger partial charge in [-0.25, -0.2) is 4.79 Å². The maximum Gasteiger partial charge on any atom is 0.331 e. The summed E-state index contributed by atoms with van der Waals surface area (Å²) in [6.45, 7) is 3.55. The normalized spacial score (nSPS) is 41.6. The lowest BCUT2D eigenvalue weighted by atomic mass is 9.46. The Hall–Kier alpha value is -1.51. The van der Waals surface area contributed by atoms with E-state index in [-0.39, 0.29) is 5.97 Å². The molecule has 2 atom stereocenters. The number of carbonyl (C=O) groups is 1. The van der Waals surface area contributed by atoms with E-state index in [1.54, 1.807) is 6.26 Å². The lowest BCUT2D eigenvalue weighted by Gasteiger charge is -2.61. The molecule has 3 aliphatic rings. The Balaban J connectivity index is 1.81. The molecule has 0 saturated heterocycles. The van der Waals surface area contributed by atoms with Gasteiger partial charge in [-0.15, -0.1) is 0 Å². The first-order valence-electron chi connectivity index (χ1n) is 7.63. The van der Waals surface area contributed by atoms with Gasteiger partial charge in [0, 0.05) is 17.9 Å². The van der Waals surface area contributed by atoms with Crippen LogP contribution in [0, 0.1) is 17.3 Å². The molecule has 106 valence electrons. The maximum absolute atomic E-state index is 11.9. The van der Waals surface area contributed by atoms with Crippen LogP contribution >= 0.6 is 0 Å². The minimum absolute atomic E-state index is 0.325. The van der Waals surface area contributed by atoms with Crippen molar-refractivity contribution in [2.24, 2.45) is 17.3 Å². The van der Waals surface area contributed by atoms with Gasteiger partial charge in [-0.1, -0.05) is 19.4 Å². The summed E-state index contributed by atoms with van der Waals surface area (Å²) in [6.07, 6.45) is 10.3. The molecule has 1 aromatic rings. The number of furan rings is 1. The number of rotatable bonds is 3. The van der Waals surface area contributed by atoms with Crippen molar-refractivity contribution in [3.8, 4) is 0 Å². The molecule has 3 aliphatic carbocycles. The van der Waals surface area contributed by atoms with Crippen molar-refractivity contribution in [3.63, 3.8) is 0 Å². The number of hydrogen-bond acceptors (Lipinski definition) is 3. The van der Waals surface area contributed by atoms with Crippen LogP contribution < -0.4 is 0 Å². The van der Waals surface area contributed by atoms with Crippen molar-refractivity contribution >= 4 is 5.97 Å². The summed E-state index contributed by atoms with van der Waals surface area (Å²) in [5.41, 5.74) is -0.115. The van der Waals surface area contributed by atoms with E-state index in [0.717, 1.165) is 18.6 Å². The third kappa shape index (κ3) is 1.24. The standard InChI is InChI=1S/C17H20O3/c1-2-15(18)20-17(14-8-5-11-19-14)12-6-3-9-16(12)10-4-7-13(16)17/h2,5,8,11-13H,1,3-4,6-7,9-10H2. The molecule has 0 bridgehead atoms. The van der Waals surface area contributed by atoms with Crippen LogP contribution in [0.1, 0.15) is 44.3 Å². The molecule has 20 heavy (non-hydrogen) atoms. The molecule has 3 heteroatoms. The summed E-state index contributed by atoms with van der Waals surface area (Å²) in [5, 5.41) is 0. The fourth-order valence-corrected chi connectivity index (χ4v) is 5.58. The number of hydrogen-bond donors (Lipinski definition) is 0. The van der Waals surface area contributed by atoms with E-state index in [0.29, 0.717) is 17.3 Å². The molecular formula is C17H20O3. The van der Waals surface area contributed by atoms with Gasteiger partial charge in [-0.05, 0) is 43.2 Å². The first-order chi connectivity index (χ1) is 9.74. The first kappa shape index (κ1) is 12.2. The molecule has 1 heterocycles. The van der Waals surface area contributed by atoms with Crippen LogP contribution in [-0.2, 0) is 15.1 Å². The molecule has 0 aromatic carbocycles. The van der Waals surface area contributed by atoms with E-state index in [4.69, 9.17) is 9.15 Å². The number of ether oxygens (including phenoxy) is 1. The van der Waals surface area contributed by atoms with Crippen molar-refractivity contribution in [2.75, 3.05) is 0 Å². The summed E-state index contributed by atoms with van der Waals surface area (Å²) < 4.78 is 11.6. The van der Waals surface area contributed by atoms with Gasteiger partial charge in [0.25, 0.3) is 0 Å². The zero-order valence-corrected chi connectivity index (χ0v) is 11.6. The van der Waals surface area contributed by atoms with E-state index in [1.807, 2.05) is 12.1 Å². The number of carbonyl (C=O) groups excluding carboxylic acids is 1. The van der Waals surface area contributed by atoms with E-state index in [9.17, 15) is 4.79 Å². The van der Waals surface area contributed by atoms with E-state index in [2.05, 4.69) is 6.58 Å². The zero-order chi connectivity index (χ0) is 13.8. The van der Waals surface area contributed by atoms with Crippen molar-refractivity contribution < 1.29 is 13.9 Å². The van der Waals surface area contributed by atoms with Crippen LogP contribution in [-0.4, -0.2) is 5.97 Å². The van der Waals surface area contributed by atoms with Crippen LogP contribution in [0.15, 0.2) is 35.5 Å². The molecule has 2 unspecified atom stereocenters. The summed E-state index contributed by atoms with van der Waals surface area (Å²) in [6, 6.07) is 3.86. The highest BCUT2D eigenvalue weighted by Gasteiger charge is 2.76. The van der Waals surface area contributed by atoms with Gasteiger partial charge in [0.15, 0.2) is 5.60 Å². The largest absolute Gasteiger partial charge is 0.465 e. The van der Waals surface area contributed by atoms with Gasteiger partial charge < -0.3 is 9.15 Å². The molecule has 3 saturated carbocycles. The molecule has 3 nitrogen and oxygen atoms in total. The Morgan fingerprint density at radius 2 is 2.05 bits per heavy atom. The smallest absolute Gasteiger partial charge is 0.331 e. The molecular weight excluding hydrogens is 252 g/mol. The monoisotopic (exact) mass is 272 g/mol. The average molecular weight is 272 g/mol. The second-order valence-corrected chi connectivity index (χ2v) is 6.52. The summed E-state index contributed by atoms with van der Waals surface area (Å²) >= 11 is 0. The van der Waals surface area contributed by atoms with Crippen LogP contribution in [0.4, 0.5) is 0 Å². The summed E-state index contributed by atoms with van der Waals surface area (Å²) in [4.78, 5) is 11.9. The molecule has 0 radical (unpaired) electrons. The maximum atomic E-state index is 11.9. The Bertz CT molecular complexity index is 523. The third-order valence-electron chi connectivity index (χ3n) is 6.04. The van der Waals surface area contributed by atoms with Crippen molar-refractivity contribution in [2.45, 2.75) is 44.1 Å². The SMILES string of the molecule is C=CC(=O)OC1(c2ccco2)C2CCCC23CCCC31. The second kappa shape index (κ2) is 4.00. The van der Waals surface area contributed by atoms with Crippen LogP contribution in [0.3, 0.4) is 0 Å². The molecule has 3 fully saturated rings. The second-order valence-electron chi connectivity index (χ2n) is 6.52. The molecule has 0 N–H and O–H groups in total. The van der Waals surface area contributed by atoms with Crippen molar-refractivity contribution in [1.29, 1.82) is 0 Å². The van der Waals surface area contributed by atoms with Crippen LogP contribution in [0.5, 0.6) is 0 Å². The molecule has 1 aromatic heterocycles. The quantitative estimate of drug-likeness (QED) is 0.620. The highest BCUT2D eigenvalue weighted by molar-refractivity contribution is 5.82. The topological polar surface area (TPSA) is 39.4 Å². The van der Waals surface area contributed by atoms with Gasteiger partial charge >= 0.3 is 5.97 Å². The summed E-state index contributed by atoms with van der Waals surface area (Å²) in [7, 11) is 0.